The van der Waals surface area contributed by atoms with Gasteiger partial charge in [-0.15, -0.1) is 0 Å². The van der Waals surface area contributed by atoms with Crippen LogP contribution in [0.3, 0.4) is 0 Å². The third-order valence-corrected chi connectivity index (χ3v) is 5.17. The van der Waals surface area contributed by atoms with Crippen molar-refractivity contribution in [1.29, 1.82) is 0 Å². The molecule has 1 N–H and O–H groups in total. The van der Waals surface area contributed by atoms with Crippen molar-refractivity contribution in [2.24, 2.45) is 0 Å². The van der Waals surface area contributed by atoms with Gasteiger partial charge in [-0.2, -0.15) is 0 Å². The van der Waals surface area contributed by atoms with Crippen molar-refractivity contribution in [3.8, 4) is 0 Å². The SMILES string of the molecule is O=Cc1cnc2ccc(F)cc2c1N1CCC(O)(c2ccccc2)CC1. The van der Waals surface area contributed by atoms with Gasteiger partial charge in [0.2, 0.25) is 0 Å². The number of aldehydes is 1. The van der Waals surface area contributed by atoms with E-state index in [0.717, 1.165) is 11.8 Å². The number of carbonyl (C=O) groups is 1. The molecule has 0 spiro atoms. The van der Waals surface area contributed by atoms with Crippen molar-refractivity contribution in [1.82, 2.24) is 4.98 Å². The summed E-state index contributed by atoms with van der Waals surface area (Å²) in [5, 5.41) is 11.6. The molecule has 0 saturated carbocycles. The summed E-state index contributed by atoms with van der Waals surface area (Å²) < 4.78 is 13.8. The van der Waals surface area contributed by atoms with Crippen LogP contribution in [0.1, 0.15) is 28.8 Å². The fraction of sp³-hybridized carbons (Fsp3) is 0.238. The molecule has 5 heteroatoms. The lowest BCUT2D eigenvalue weighted by Crippen LogP contribution is -2.43. The molecule has 1 aliphatic heterocycles. The number of anilines is 1. The van der Waals surface area contributed by atoms with Crippen molar-refractivity contribution in [2.45, 2.75) is 18.4 Å². The van der Waals surface area contributed by atoms with E-state index in [1.807, 2.05) is 35.2 Å². The summed E-state index contributed by atoms with van der Waals surface area (Å²) in [5.41, 5.74) is 1.80. The fourth-order valence-corrected chi connectivity index (χ4v) is 3.74. The zero-order valence-corrected chi connectivity index (χ0v) is 14.2. The highest BCUT2D eigenvalue weighted by Crippen LogP contribution is 2.37. The minimum atomic E-state index is -0.882. The van der Waals surface area contributed by atoms with Crippen molar-refractivity contribution in [3.63, 3.8) is 0 Å². The van der Waals surface area contributed by atoms with Gasteiger partial charge in [0, 0.05) is 24.7 Å². The second-order valence-electron chi connectivity index (χ2n) is 6.73. The topological polar surface area (TPSA) is 53.4 Å². The molecule has 1 fully saturated rings. The summed E-state index contributed by atoms with van der Waals surface area (Å²) in [4.78, 5) is 17.8. The van der Waals surface area contributed by atoms with Crippen LogP contribution in [0.2, 0.25) is 0 Å². The van der Waals surface area contributed by atoms with E-state index in [2.05, 4.69) is 4.98 Å². The molecule has 0 aliphatic carbocycles. The molecular weight excluding hydrogens is 331 g/mol. The first-order chi connectivity index (χ1) is 12.6. The van der Waals surface area contributed by atoms with E-state index >= 15 is 0 Å². The highest BCUT2D eigenvalue weighted by Gasteiger charge is 2.34. The molecule has 0 bridgehead atoms. The van der Waals surface area contributed by atoms with Gasteiger partial charge in [-0.3, -0.25) is 9.78 Å². The lowest BCUT2D eigenvalue weighted by molar-refractivity contribution is 0.0118. The Hall–Kier alpha value is -2.79. The monoisotopic (exact) mass is 350 g/mol. The zero-order chi connectivity index (χ0) is 18.1. The van der Waals surface area contributed by atoms with Gasteiger partial charge in [-0.1, -0.05) is 30.3 Å². The summed E-state index contributed by atoms with van der Waals surface area (Å²) in [6, 6.07) is 14.0. The number of piperidine rings is 1. The van der Waals surface area contributed by atoms with Crippen LogP contribution in [0.15, 0.2) is 54.7 Å². The molecule has 4 nitrogen and oxygen atoms in total. The maximum absolute atomic E-state index is 13.8. The molecule has 0 amide bonds. The van der Waals surface area contributed by atoms with E-state index in [4.69, 9.17) is 0 Å². The predicted octanol–water partition coefficient (Wildman–Crippen LogP) is 3.67. The maximum atomic E-state index is 13.8. The predicted molar refractivity (Wildman–Crippen MR) is 98.9 cm³/mol. The van der Waals surface area contributed by atoms with E-state index < -0.39 is 5.60 Å². The minimum absolute atomic E-state index is 0.360. The smallest absolute Gasteiger partial charge is 0.153 e. The number of hydrogen-bond acceptors (Lipinski definition) is 4. The number of carbonyl (C=O) groups excluding carboxylic acids is 1. The first-order valence-corrected chi connectivity index (χ1v) is 8.67. The number of halogens is 1. The number of fused-ring (bicyclic) bond motifs is 1. The van der Waals surface area contributed by atoms with Crippen LogP contribution in [0, 0.1) is 5.82 Å². The molecule has 1 aromatic heterocycles. The van der Waals surface area contributed by atoms with Gasteiger partial charge in [-0.05, 0) is 36.6 Å². The van der Waals surface area contributed by atoms with E-state index in [1.54, 1.807) is 6.07 Å². The molecule has 3 aromatic rings. The van der Waals surface area contributed by atoms with Gasteiger partial charge in [0.05, 0.1) is 22.4 Å². The molecular formula is C21H19FN2O2. The van der Waals surface area contributed by atoms with Crippen LogP contribution in [0.25, 0.3) is 10.9 Å². The van der Waals surface area contributed by atoms with Crippen LogP contribution in [-0.2, 0) is 5.60 Å². The summed E-state index contributed by atoms with van der Waals surface area (Å²) in [5.74, 6) is -0.360. The van der Waals surface area contributed by atoms with Crippen LogP contribution < -0.4 is 4.90 Å². The molecule has 0 radical (unpaired) electrons. The Morgan fingerprint density at radius 3 is 2.54 bits per heavy atom. The lowest BCUT2D eigenvalue weighted by atomic mass is 9.84. The van der Waals surface area contributed by atoms with E-state index in [0.29, 0.717) is 48.1 Å². The summed E-state index contributed by atoms with van der Waals surface area (Å²) in [6.07, 6.45) is 3.36. The van der Waals surface area contributed by atoms with Gasteiger partial charge < -0.3 is 10.0 Å². The first kappa shape index (κ1) is 16.7. The largest absolute Gasteiger partial charge is 0.385 e. The highest BCUT2D eigenvalue weighted by molar-refractivity contribution is 6.00. The highest BCUT2D eigenvalue weighted by atomic mass is 19.1. The van der Waals surface area contributed by atoms with Crippen molar-refractivity contribution < 1.29 is 14.3 Å². The third kappa shape index (κ3) is 2.84. The Kier molecular flexibility index (Phi) is 4.17. The average Bonchev–Trinajstić information content (AvgIpc) is 2.68. The van der Waals surface area contributed by atoms with Gasteiger partial charge in [0.15, 0.2) is 6.29 Å². The summed E-state index contributed by atoms with van der Waals surface area (Å²) in [7, 11) is 0. The Bertz CT molecular complexity index is 951. The molecule has 132 valence electrons. The number of nitrogens with zero attached hydrogens (tertiary/aromatic N) is 2. The Morgan fingerprint density at radius 1 is 1.12 bits per heavy atom. The lowest BCUT2D eigenvalue weighted by Gasteiger charge is -2.40. The fourth-order valence-electron chi connectivity index (χ4n) is 3.74. The Morgan fingerprint density at radius 2 is 1.85 bits per heavy atom. The van der Waals surface area contributed by atoms with Gasteiger partial charge >= 0.3 is 0 Å². The Balaban J connectivity index is 1.70. The van der Waals surface area contributed by atoms with Crippen molar-refractivity contribution >= 4 is 22.9 Å². The molecule has 2 heterocycles. The zero-order valence-electron chi connectivity index (χ0n) is 14.2. The normalized spacial score (nSPS) is 16.6. The second-order valence-corrected chi connectivity index (χ2v) is 6.73. The average molecular weight is 350 g/mol. The third-order valence-electron chi connectivity index (χ3n) is 5.17. The minimum Gasteiger partial charge on any atom is -0.385 e. The van der Waals surface area contributed by atoms with E-state index in [-0.39, 0.29) is 5.82 Å². The van der Waals surface area contributed by atoms with E-state index in [9.17, 15) is 14.3 Å². The molecule has 2 aromatic carbocycles. The van der Waals surface area contributed by atoms with Crippen LogP contribution in [0.5, 0.6) is 0 Å². The quantitative estimate of drug-likeness (QED) is 0.732. The molecule has 4 rings (SSSR count). The van der Waals surface area contributed by atoms with Crippen molar-refractivity contribution in [3.05, 3.63) is 71.7 Å². The number of pyridine rings is 1. The van der Waals surface area contributed by atoms with Crippen LogP contribution in [-0.4, -0.2) is 29.5 Å². The van der Waals surface area contributed by atoms with Gasteiger partial charge in [-0.25, -0.2) is 4.39 Å². The number of benzene rings is 2. The van der Waals surface area contributed by atoms with Gasteiger partial charge in [0.25, 0.3) is 0 Å². The summed E-state index contributed by atoms with van der Waals surface area (Å²) >= 11 is 0. The standard InChI is InChI=1S/C21H19FN2O2/c22-17-6-7-19-18(12-17)20(15(14-25)13-23-19)24-10-8-21(26,9-11-24)16-4-2-1-3-5-16/h1-7,12-14,26H,8-11H2. The molecule has 1 saturated heterocycles. The van der Waals surface area contributed by atoms with Gasteiger partial charge in [0.1, 0.15) is 5.82 Å². The number of aromatic nitrogens is 1. The number of rotatable bonds is 3. The number of aliphatic hydroxyl groups is 1. The number of hydrogen-bond donors (Lipinski definition) is 1. The maximum Gasteiger partial charge on any atom is 0.153 e. The summed E-state index contributed by atoms with van der Waals surface area (Å²) in [6.45, 7) is 1.14. The Labute approximate surface area is 150 Å². The van der Waals surface area contributed by atoms with Crippen molar-refractivity contribution in [2.75, 3.05) is 18.0 Å². The van der Waals surface area contributed by atoms with E-state index in [1.165, 1.54) is 18.3 Å². The van der Waals surface area contributed by atoms with Crippen LogP contribution in [0.4, 0.5) is 10.1 Å². The molecule has 0 atom stereocenters. The molecule has 26 heavy (non-hydrogen) atoms. The first-order valence-electron chi connectivity index (χ1n) is 8.67. The second kappa shape index (κ2) is 6.50. The van der Waals surface area contributed by atoms with Crippen LogP contribution >= 0.6 is 0 Å². The molecule has 1 aliphatic rings. The molecule has 0 unspecified atom stereocenters.